The Morgan fingerprint density at radius 2 is 2.00 bits per heavy atom. The molecule has 0 aliphatic carbocycles. The number of hydrogen-bond donors (Lipinski definition) is 2. The molecular weight excluding hydrogens is 218 g/mol. The number of aliphatic hydroxyl groups is 1. The molecule has 0 radical (unpaired) electrons. The van der Waals surface area contributed by atoms with Crippen molar-refractivity contribution in [2.24, 2.45) is 0 Å². The van der Waals surface area contributed by atoms with Crippen LogP contribution >= 0.6 is 0 Å². The average molecular weight is 233 g/mol. The minimum absolute atomic E-state index is 0.00711. The van der Waals surface area contributed by atoms with Crippen molar-refractivity contribution in [3.63, 3.8) is 0 Å². The van der Waals surface area contributed by atoms with Crippen LogP contribution in [-0.4, -0.2) is 21.8 Å². The number of aromatic nitrogens is 1. The highest BCUT2D eigenvalue weighted by atomic mass is 16.3. The molecule has 1 atom stereocenters. The summed E-state index contributed by atoms with van der Waals surface area (Å²) in [6.45, 7) is 1.95. The lowest BCUT2D eigenvalue weighted by molar-refractivity contribution is 0.271. The summed E-state index contributed by atoms with van der Waals surface area (Å²) in [4.78, 5) is 4.31. The lowest BCUT2D eigenvalue weighted by Crippen LogP contribution is -1.99. The number of rotatable bonds is 4. The average Bonchev–Trinajstić information content (AvgIpc) is 2.80. The Morgan fingerprint density at radius 3 is 2.65 bits per heavy atom. The zero-order chi connectivity index (χ0) is 12.3. The monoisotopic (exact) mass is 233 g/mol. The van der Waals surface area contributed by atoms with Crippen LogP contribution in [0.1, 0.15) is 30.0 Å². The van der Waals surface area contributed by atoms with Gasteiger partial charge in [0.1, 0.15) is 12.0 Å². The maximum absolute atomic E-state index is 9.16. The number of nitrogens with zero attached hydrogens (tertiary/aromatic N) is 1. The molecule has 1 unspecified atom stereocenters. The van der Waals surface area contributed by atoms with Crippen molar-refractivity contribution in [2.75, 3.05) is 6.61 Å². The van der Waals surface area contributed by atoms with Gasteiger partial charge in [0, 0.05) is 12.3 Å². The van der Waals surface area contributed by atoms with E-state index in [4.69, 9.17) is 14.6 Å². The van der Waals surface area contributed by atoms with Crippen LogP contribution in [0.3, 0.4) is 0 Å². The predicted molar refractivity (Wildman–Crippen MR) is 62.9 cm³/mol. The van der Waals surface area contributed by atoms with E-state index < -0.39 is 0 Å². The first-order valence-electron chi connectivity index (χ1n) is 5.52. The summed E-state index contributed by atoms with van der Waals surface area (Å²) in [5.74, 6) is 0.856. The van der Waals surface area contributed by atoms with Gasteiger partial charge in [-0.1, -0.05) is 19.1 Å². The van der Waals surface area contributed by atoms with Gasteiger partial charge in [-0.2, -0.15) is 0 Å². The predicted octanol–water partition coefficient (Wildman–Crippen LogP) is 2.07. The van der Waals surface area contributed by atoms with Crippen LogP contribution < -0.4 is 0 Å². The van der Waals surface area contributed by atoms with Gasteiger partial charge in [0.05, 0.1) is 12.3 Å². The molecule has 4 heteroatoms. The summed E-state index contributed by atoms with van der Waals surface area (Å²) in [5, 5.41) is 18.2. The molecular formula is C13H15NO3. The third-order valence-corrected chi connectivity index (χ3v) is 2.64. The molecule has 0 aliphatic heterocycles. The molecule has 1 heterocycles. The molecule has 0 spiro atoms. The fourth-order valence-corrected chi connectivity index (χ4v) is 1.51. The number of hydrogen-bond acceptors (Lipinski definition) is 4. The second-order valence-electron chi connectivity index (χ2n) is 4.09. The van der Waals surface area contributed by atoms with Crippen molar-refractivity contribution in [2.45, 2.75) is 19.3 Å². The van der Waals surface area contributed by atoms with Gasteiger partial charge in [0.15, 0.2) is 5.89 Å². The van der Waals surface area contributed by atoms with E-state index in [1.165, 1.54) is 0 Å². The van der Waals surface area contributed by atoms with Crippen LogP contribution in [0.2, 0.25) is 0 Å². The topological polar surface area (TPSA) is 66.5 Å². The van der Waals surface area contributed by atoms with Gasteiger partial charge >= 0.3 is 0 Å². The van der Waals surface area contributed by atoms with Crippen LogP contribution in [0.15, 0.2) is 34.9 Å². The molecule has 1 aromatic carbocycles. The molecule has 2 N–H and O–H groups in total. The number of aromatic hydroxyl groups is 1. The Hall–Kier alpha value is -1.81. The molecule has 17 heavy (non-hydrogen) atoms. The van der Waals surface area contributed by atoms with Gasteiger partial charge < -0.3 is 14.6 Å². The number of oxazole rings is 1. The van der Waals surface area contributed by atoms with Crippen molar-refractivity contribution in [3.8, 4) is 5.75 Å². The third kappa shape index (κ3) is 2.85. The summed E-state index contributed by atoms with van der Waals surface area (Å²) in [5.41, 5.74) is 1.79. The van der Waals surface area contributed by atoms with E-state index in [1.54, 1.807) is 18.4 Å². The molecule has 2 rings (SSSR count). The van der Waals surface area contributed by atoms with Gasteiger partial charge in [0.25, 0.3) is 0 Å². The van der Waals surface area contributed by atoms with Gasteiger partial charge in [-0.25, -0.2) is 4.98 Å². The first kappa shape index (κ1) is 11.7. The van der Waals surface area contributed by atoms with E-state index in [0.29, 0.717) is 12.3 Å². The Morgan fingerprint density at radius 1 is 1.29 bits per heavy atom. The Bertz CT molecular complexity index is 476. The highest BCUT2D eigenvalue weighted by Gasteiger charge is 2.10. The quantitative estimate of drug-likeness (QED) is 0.848. The van der Waals surface area contributed by atoms with Crippen LogP contribution in [0.4, 0.5) is 0 Å². The summed E-state index contributed by atoms with van der Waals surface area (Å²) >= 11 is 0. The molecule has 0 saturated heterocycles. The van der Waals surface area contributed by atoms with Crippen molar-refractivity contribution >= 4 is 0 Å². The second kappa shape index (κ2) is 5.01. The first-order chi connectivity index (χ1) is 8.19. The number of phenols is 1. The molecule has 0 saturated carbocycles. The van der Waals surface area contributed by atoms with E-state index in [0.717, 1.165) is 11.3 Å². The first-order valence-corrected chi connectivity index (χ1v) is 5.52. The number of benzene rings is 1. The SMILES string of the molecule is CC(CO)c1coc(Cc2ccc(O)cc2)n1. The largest absolute Gasteiger partial charge is 0.508 e. The van der Waals surface area contributed by atoms with Crippen molar-refractivity contribution < 1.29 is 14.6 Å². The van der Waals surface area contributed by atoms with E-state index in [1.807, 2.05) is 19.1 Å². The highest BCUT2D eigenvalue weighted by molar-refractivity contribution is 5.27. The van der Waals surface area contributed by atoms with Crippen LogP contribution in [0.5, 0.6) is 5.75 Å². The molecule has 1 aromatic heterocycles. The smallest absolute Gasteiger partial charge is 0.198 e. The van der Waals surface area contributed by atoms with Crippen LogP contribution in [0, 0.1) is 0 Å². The standard InChI is InChI=1S/C13H15NO3/c1-9(7-15)12-8-17-13(14-12)6-10-2-4-11(16)5-3-10/h2-5,8-9,15-16H,6-7H2,1H3. The zero-order valence-electron chi connectivity index (χ0n) is 9.63. The van der Waals surface area contributed by atoms with Gasteiger partial charge in [-0.3, -0.25) is 0 Å². The van der Waals surface area contributed by atoms with E-state index in [2.05, 4.69) is 4.98 Å². The summed E-state index contributed by atoms with van der Waals surface area (Å²) < 4.78 is 5.34. The van der Waals surface area contributed by atoms with Crippen LogP contribution in [-0.2, 0) is 6.42 Å². The maximum Gasteiger partial charge on any atom is 0.198 e. The fourth-order valence-electron chi connectivity index (χ4n) is 1.51. The van der Waals surface area contributed by atoms with Crippen molar-refractivity contribution in [1.29, 1.82) is 0 Å². The van der Waals surface area contributed by atoms with Gasteiger partial charge in [-0.15, -0.1) is 0 Å². The number of phenolic OH excluding ortho intramolecular Hbond substituents is 1. The minimum Gasteiger partial charge on any atom is -0.508 e. The lowest BCUT2D eigenvalue weighted by Gasteiger charge is -2.00. The third-order valence-electron chi connectivity index (χ3n) is 2.64. The van der Waals surface area contributed by atoms with E-state index >= 15 is 0 Å². The maximum atomic E-state index is 9.16. The van der Waals surface area contributed by atoms with Crippen LogP contribution in [0.25, 0.3) is 0 Å². The minimum atomic E-state index is -0.00711. The molecule has 0 amide bonds. The Kier molecular flexibility index (Phi) is 3.44. The van der Waals surface area contributed by atoms with E-state index in [9.17, 15) is 0 Å². The lowest BCUT2D eigenvalue weighted by atomic mass is 10.1. The molecule has 2 aromatic rings. The molecule has 0 bridgehead atoms. The summed E-state index contributed by atoms with van der Waals surface area (Å²) in [7, 11) is 0. The van der Waals surface area contributed by atoms with Gasteiger partial charge in [-0.05, 0) is 17.7 Å². The normalized spacial score (nSPS) is 12.6. The zero-order valence-corrected chi connectivity index (χ0v) is 9.63. The molecule has 90 valence electrons. The van der Waals surface area contributed by atoms with Crippen molar-refractivity contribution in [3.05, 3.63) is 47.7 Å². The highest BCUT2D eigenvalue weighted by Crippen LogP contribution is 2.17. The molecule has 4 nitrogen and oxygen atoms in total. The summed E-state index contributed by atoms with van der Waals surface area (Å²) in [6, 6.07) is 6.93. The van der Waals surface area contributed by atoms with Crippen molar-refractivity contribution in [1.82, 2.24) is 4.98 Å². The number of aliphatic hydroxyl groups excluding tert-OH is 1. The fraction of sp³-hybridized carbons (Fsp3) is 0.308. The Balaban J connectivity index is 2.08. The van der Waals surface area contributed by atoms with Gasteiger partial charge in [0.2, 0.25) is 0 Å². The second-order valence-corrected chi connectivity index (χ2v) is 4.09. The Labute approximate surface area is 99.6 Å². The molecule has 0 fully saturated rings. The van der Waals surface area contributed by atoms with E-state index in [-0.39, 0.29) is 18.3 Å². The molecule has 0 aliphatic rings. The summed E-state index contributed by atoms with van der Waals surface area (Å²) in [6.07, 6.45) is 2.16.